The van der Waals surface area contributed by atoms with Crippen LogP contribution in [0.25, 0.3) is 0 Å². The van der Waals surface area contributed by atoms with Crippen LogP contribution < -0.4 is 9.47 Å². The van der Waals surface area contributed by atoms with Crippen molar-refractivity contribution in [3.63, 3.8) is 0 Å². The number of nitrogens with zero attached hydrogens (tertiary/aromatic N) is 1. The first-order chi connectivity index (χ1) is 8.84. The lowest BCUT2D eigenvalue weighted by Gasteiger charge is -2.15. The van der Waals surface area contributed by atoms with E-state index in [1.165, 1.54) is 0 Å². The average Bonchev–Trinajstić information content (AvgIpc) is 2.35. The van der Waals surface area contributed by atoms with E-state index in [1.54, 1.807) is 0 Å². The average molecular weight is 283 g/mol. The molecule has 0 N–H and O–H groups in total. The van der Waals surface area contributed by atoms with Crippen molar-refractivity contribution in [2.24, 2.45) is 0 Å². The summed E-state index contributed by atoms with van der Waals surface area (Å²) in [7, 11) is 2.11. The van der Waals surface area contributed by atoms with Crippen molar-refractivity contribution in [1.29, 1.82) is 0 Å². The fourth-order valence-corrected chi connectivity index (χ4v) is 1.32. The van der Waals surface area contributed by atoms with Crippen molar-refractivity contribution in [2.45, 2.75) is 13.0 Å². The summed E-state index contributed by atoms with van der Waals surface area (Å²) in [5.74, 6) is -2.35. The molecule has 0 aliphatic rings. The molecule has 0 aliphatic carbocycles. The molecular weight excluding hydrogens is 274 g/mol. The highest BCUT2D eigenvalue weighted by atomic mass is 19.4. The molecule has 1 heterocycles. The van der Waals surface area contributed by atoms with Crippen LogP contribution in [0.2, 0.25) is 0 Å². The van der Waals surface area contributed by atoms with Gasteiger partial charge in [-0.2, -0.15) is 0 Å². The van der Waals surface area contributed by atoms with E-state index in [9.17, 15) is 22.4 Å². The van der Waals surface area contributed by atoms with Crippen LogP contribution >= 0.6 is 0 Å². The van der Waals surface area contributed by atoms with Crippen molar-refractivity contribution >= 4 is 5.97 Å². The molecule has 9 heteroatoms. The number of carbonyl (C=O) groups is 1. The summed E-state index contributed by atoms with van der Waals surface area (Å²) >= 11 is 0. The van der Waals surface area contributed by atoms with Gasteiger partial charge in [0.15, 0.2) is 5.75 Å². The Hall–Kier alpha value is -2.06. The first kappa shape index (κ1) is 15.0. The minimum atomic E-state index is -5.03. The number of esters is 1. The van der Waals surface area contributed by atoms with Gasteiger partial charge in [-0.25, -0.2) is 14.2 Å². The molecule has 0 spiro atoms. The van der Waals surface area contributed by atoms with Crippen molar-refractivity contribution in [3.8, 4) is 11.6 Å². The Morgan fingerprint density at radius 2 is 2.00 bits per heavy atom. The van der Waals surface area contributed by atoms with Gasteiger partial charge in [0.1, 0.15) is 12.2 Å². The lowest BCUT2D eigenvalue weighted by atomic mass is 10.1. The molecule has 0 fully saturated rings. The summed E-state index contributed by atoms with van der Waals surface area (Å²) in [6, 6.07) is 0. The normalized spacial score (nSPS) is 11.1. The Balaban J connectivity index is 3.40. The lowest BCUT2D eigenvalue weighted by molar-refractivity contribution is -0.275. The second kappa shape index (κ2) is 5.72. The highest BCUT2D eigenvalue weighted by Gasteiger charge is 2.34. The van der Waals surface area contributed by atoms with E-state index in [1.807, 2.05) is 0 Å². The predicted molar refractivity (Wildman–Crippen MR) is 53.6 cm³/mol. The summed E-state index contributed by atoms with van der Waals surface area (Å²) in [5.41, 5.74) is -1.19. The van der Waals surface area contributed by atoms with E-state index < -0.39 is 35.9 Å². The number of carbonyl (C=O) groups excluding carboxylic acids is 1. The van der Waals surface area contributed by atoms with Crippen LogP contribution in [0.1, 0.15) is 15.9 Å². The van der Waals surface area contributed by atoms with Gasteiger partial charge in [0.25, 0.3) is 0 Å². The maximum absolute atomic E-state index is 12.9. The number of hydrogen-bond acceptors (Lipinski definition) is 5. The third-order valence-corrected chi connectivity index (χ3v) is 2.05. The predicted octanol–water partition coefficient (Wildman–Crippen LogP) is 2.24. The van der Waals surface area contributed by atoms with Crippen molar-refractivity contribution < 1.29 is 36.6 Å². The summed E-state index contributed by atoms with van der Waals surface area (Å²) in [5, 5.41) is 0. The van der Waals surface area contributed by atoms with Crippen molar-refractivity contribution in [1.82, 2.24) is 4.98 Å². The molecule has 1 rings (SSSR count). The van der Waals surface area contributed by atoms with Crippen LogP contribution in [-0.4, -0.2) is 31.5 Å². The van der Waals surface area contributed by atoms with Crippen LogP contribution in [0.3, 0.4) is 0 Å². The molecule has 0 aromatic carbocycles. The standard InChI is InChI=1S/C10H9F4NO4/c1-17-8-7(9(16)18-2)5(3-11)6(4-15-8)19-10(12,13)14/h4H,3H2,1-2H3. The molecule has 0 saturated heterocycles. The third-order valence-electron chi connectivity index (χ3n) is 2.05. The van der Waals surface area contributed by atoms with E-state index >= 15 is 0 Å². The summed E-state index contributed by atoms with van der Waals surface area (Å²) in [6.45, 7) is -1.38. The smallest absolute Gasteiger partial charge is 0.480 e. The Bertz CT molecular complexity index is 475. The van der Waals surface area contributed by atoms with Crippen molar-refractivity contribution in [3.05, 3.63) is 17.3 Å². The second-order valence-electron chi connectivity index (χ2n) is 3.16. The third kappa shape index (κ3) is 3.46. The SMILES string of the molecule is COC(=O)c1c(OC)ncc(OC(F)(F)F)c1CF. The number of ether oxygens (including phenoxy) is 3. The zero-order valence-electron chi connectivity index (χ0n) is 9.88. The second-order valence-corrected chi connectivity index (χ2v) is 3.16. The molecule has 5 nitrogen and oxygen atoms in total. The molecule has 0 amide bonds. The van der Waals surface area contributed by atoms with Gasteiger partial charge in [0.05, 0.1) is 20.4 Å². The van der Waals surface area contributed by atoms with Gasteiger partial charge in [-0.3, -0.25) is 0 Å². The molecular formula is C10H9F4NO4. The van der Waals surface area contributed by atoms with Gasteiger partial charge in [-0.15, -0.1) is 13.2 Å². The number of rotatable bonds is 4. The van der Waals surface area contributed by atoms with Gasteiger partial charge < -0.3 is 14.2 Å². The number of alkyl halides is 4. The summed E-state index contributed by atoms with van der Waals surface area (Å²) < 4.78 is 61.9. The first-order valence-electron chi connectivity index (χ1n) is 4.80. The van der Waals surface area contributed by atoms with Crippen LogP contribution in [0.4, 0.5) is 17.6 Å². The van der Waals surface area contributed by atoms with Gasteiger partial charge in [0.2, 0.25) is 5.88 Å². The fraction of sp³-hybridized carbons (Fsp3) is 0.400. The molecule has 1 aromatic heterocycles. The van der Waals surface area contributed by atoms with Crippen LogP contribution in [0, 0.1) is 0 Å². The largest absolute Gasteiger partial charge is 0.573 e. The highest BCUT2D eigenvalue weighted by molar-refractivity contribution is 5.94. The van der Waals surface area contributed by atoms with Crippen molar-refractivity contribution in [2.75, 3.05) is 14.2 Å². The molecule has 1 aromatic rings. The minimum absolute atomic E-state index is 0.353. The molecule has 0 atom stereocenters. The lowest BCUT2D eigenvalue weighted by Crippen LogP contribution is -2.20. The Kier molecular flexibility index (Phi) is 4.52. The summed E-state index contributed by atoms with van der Waals surface area (Å²) in [4.78, 5) is 14.9. The highest BCUT2D eigenvalue weighted by Crippen LogP contribution is 2.33. The molecule has 106 valence electrons. The molecule has 0 aliphatic heterocycles. The quantitative estimate of drug-likeness (QED) is 0.626. The maximum atomic E-state index is 12.9. The Morgan fingerprint density at radius 1 is 1.37 bits per heavy atom. The zero-order valence-corrected chi connectivity index (χ0v) is 9.88. The first-order valence-corrected chi connectivity index (χ1v) is 4.80. The number of hydrogen-bond donors (Lipinski definition) is 0. The number of pyridine rings is 1. The van der Waals surface area contributed by atoms with Gasteiger partial charge in [-0.1, -0.05) is 0 Å². The van der Waals surface area contributed by atoms with Crippen LogP contribution in [-0.2, 0) is 11.4 Å². The molecule has 0 radical (unpaired) electrons. The maximum Gasteiger partial charge on any atom is 0.573 e. The van der Waals surface area contributed by atoms with E-state index in [0.29, 0.717) is 6.20 Å². The van der Waals surface area contributed by atoms with E-state index in [2.05, 4.69) is 19.2 Å². The van der Waals surface area contributed by atoms with Gasteiger partial charge >= 0.3 is 12.3 Å². The number of halogens is 4. The van der Waals surface area contributed by atoms with Gasteiger partial charge in [0, 0.05) is 5.56 Å². The van der Waals surface area contributed by atoms with E-state index in [4.69, 9.17) is 0 Å². The molecule has 0 saturated carbocycles. The molecule has 0 unspecified atom stereocenters. The number of methoxy groups -OCH3 is 2. The topological polar surface area (TPSA) is 57.7 Å². The van der Waals surface area contributed by atoms with E-state index in [-0.39, 0.29) is 5.88 Å². The zero-order chi connectivity index (χ0) is 14.6. The molecule has 0 bridgehead atoms. The number of aromatic nitrogens is 1. The van der Waals surface area contributed by atoms with E-state index in [0.717, 1.165) is 14.2 Å². The van der Waals surface area contributed by atoms with Crippen LogP contribution in [0.5, 0.6) is 11.6 Å². The Morgan fingerprint density at radius 3 is 2.42 bits per heavy atom. The Labute approximate surface area is 105 Å². The fourth-order valence-electron chi connectivity index (χ4n) is 1.32. The summed E-state index contributed by atoms with van der Waals surface area (Å²) in [6.07, 6.45) is -4.42. The van der Waals surface area contributed by atoms with Gasteiger partial charge in [-0.05, 0) is 0 Å². The minimum Gasteiger partial charge on any atom is -0.480 e. The monoisotopic (exact) mass is 283 g/mol. The van der Waals surface area contributed by atoms with Crippen LogP contribution in [0.15, 0.2) is 6.20 Å². The molecule has 19 heavy (non-hydrogen) atoms.